The summed E-state index contributed by atoms with van der Waals surface area (Å²) >= 11 is 0. The predicted molar refractivity (Wildman–Crippen MR) is 145 cm³/mol. The van der Waals surface area contributed by atoms with Gasteiger partial charge in [0.2, 0.25) is 17.1 Å². The minimum atomic E-state index is -0.779. The number of aromatic hydroxyl groups is 2. The predicted octanol–water partition coefficient (Wildman–Crippen LogP) is 4.12. The lowest BCUT2D eigenvalue weighted by Crippen LogP contribution is -2.45. The maximum Gasteiger partial charge on any atom is 0.227 e. The van der Waals surface area contributed by atoms with E-state index in [1.165, 1.54) is 11.6 Å². The molecule has 5 rings (SSSR count). The monoisotopic (exact) mass is 515 g/mol. The molecule has 198 valence electrons. The smallest absolute Gasteiger partial charge is 0.227 e. The van der Waals surface area contributed by atoms with Gasteiger partial charge in [0.25, 0.3) is 0 Å². The Balaban J connectivity index is 1.30. The zero-order valence-electron chi connectivity index (χ0n) is 21.5. The first-order valence-electron chi connectivity index (χ1n) is 13.0. The first-order chi connectivity index (χ1) is 18.3. The number of aromatic amines is 1. The van der Waals surface area contributed by atoms with Crippen molar-refractivity contribution in [3.05, 3.63) is 93.7 Å². The zero-order chi connectivity index (χ0) is 26.7. The maximum absolute atomic E-state index is 13.2. The molecule has 3 heterocycles. The second kappa shape index (κ2) is 10.8. The van der Waals surface area contributed by atoms with Gasteiger partial charge in [0.15, 0.2) is 5.76 Å². The van der Waals surface area contributed by atoms with E-state index in [1.807, 2.05) is 30.5 Å². The molecule has 1 saturated heterocycles. The third kappa shape index (κ3) is 5.45. The van der Waals surface area contributed by atoms with Crippen LogP contribution in [0.5, 0.6) is 11.5 Å². The van der Waals surface area contributed by atoms with E-state index in [4.69, 9.17) is 4.42 Å². The average molecular weight is 516 g/mol. The summed E-state index contributed by atoms with van der Waals surface area (Å²) in [4.78, 5) is 31.2. The molecule has 0 radical (unpaired) electrons. The number of phenols is 1. The summed E-state index contributed by atoms with van der Waals surface area (Å²) in [5.74, 6) is 0.259. The molecule has 0 bridgehead atoms. The highest BCUT2D eigenvalue weighted by Gasteiger charge is 2.43. The summed E-state index contributed by atoms with van der Waals surface area (Å²) in [7, 11) is 0. The van der Waals surface area contributed by atoms with Crippen molar-refractivity contribution in [3.63, 3.8) is 0 Å². The van der Waals surface area contributed by atoms with Crippen LogP contribution in [0, 0.1) is 6.92 Å². The van der Waals surface area contributed by atoms with Gasteiger partial charge >= 0.3 is 0 Å². The highest BCUT2D eigenvalue weighted by molar-refractivity contribution is 5.84. The van der Waals surface area contributed by atoms with Crippen molar-refractivity contribution in [1.29, 1.82) is 0 Å². The van der Waals surface area contributed by atoms with Crippen molar-refractivity contribution >= 4 is 16.8 Å². The molecule has 1 amide bonds. The first kappa shape index (κ1) is 25.6. The van der Waals surface area contributed by atoms with Crippen LogP contribution >= 0.6 is 0 Å². The fourth-order valence-corrected chi connectivity index (χ4v) is 5.51. The van der Waals surface area contributed by atoms with Crippen LogP contribution in [0.1, 0.15) is 41.9 Å². The summed E-state index contributed by atoms with van der Waals surface area (Å²) in [6.45, 7) is 4.31. The van der Waals surface area contributed by atoms with Gasteiger partial charge in [-0.1, -0.05) is 30.3 Å². The molecule has 38 heavy (non-hydrogen) atoms. The summed E-state index contributed by atoms with van der Waals surface area (Å²) < 4.78 is 5.93. The largest absolute Gasteiger partial charge is 0.508 e. The molecule has 1 aliphatic rings. The van der Waals surface area contributed by atoms with Gasteiger partial charge in [0.1, 0.15) is 11.5 Å². The second-order valence-electron chi connectivity index (χ2n) is 10.3. The Kier molecular flexibility index (Phi) is 7.24. The number of aryl methyl sites for hydroxylation is 1. The molecule has 1 fully saturated rings. The van der Waals surface area contributed by atoms with E-state index in [2.05, 4.69) is 27.3 Å². The van der Waals surface area contributed by atoms with Gasteiger partial charge in [0.05, 0.1) is 0 Å². The molecule has 0 aliphatic carbocycles. The van der Waals surface area contributed by atoms with Crippen LogP contribution in [0.25, 0.3) is 10.9 Å². The Morgan fingerprint density at radius 1 is 1.11 bits per heavy atom. The third-order valence-electron chi connectivity index (χ3n) is 7.56. The van der Waals surface area contributed by atoms with E-state index in [9.17, 15) is 19.8 Å². The van der Waals surface area contributed by atoms with Crippen molar-refractivity contribution in [2.24, 2.45) is 0 Å². The topological polar surface area (TPSA) is 119 Å². The summed E-state index contributed by atoms with van der Waals surface area (Å²) in [5, 5.41) is 24.5. The van der Waals surface area contributed by atoms with Gasteiger partial charge in [-0.25, -0.2) is 0 Å². The van der Waals surface area contributed by atoms with Gasteiger partial charge in [-0.2, -0.15) is 0 Å². The van der Waals surface area contributed by atoms with Crippen LogP contribution in [-0.4, -0.2) is 45.6 Å². The van der Waals surface area contributed by atoms with Crippen LogP contribution in [0.4, 0.5) is 0 Å². The molecule has 0 unspecified atom stereocenters. The number of nitrogens with zero attached hydrogens (tertiary/aromatic N) is 1. The number of rotatable bonds is 8. The van der Waals surface area contributed by atoms with E-state index in [1.54, 1.807) is 19.1 Å². The standard InChI is InChI=1S/C30H33N3O5/c1-20-15-26(35)28(37)29(38-20)30(10-13-33(14-11-30)19-21-5-3-2-4-6-21)17-27(36)31-12-9-22-18-32-25-8-7-23(34)16-24(22)25/h2-8,15-16,18,32,34,37H,9-14,17,19H2,1H3,(H,31,36). The summed E-state index contributed by atoms with van der Waals surface area (Å²) in [6.07, 6.45) is 3.75. The number of phenolic OH excluding ortho intramolecular Hbond substituents is 1. The number of benzene rings is 2. The van der Waals surface area contributed by atoms with Crippen LogP contribution in [-0.2, 0) is 23.2 Å². The van der Waals surface area contributed by atoms with Crippen LogP contribution in [0.3, 0.4) is 0 Å². The van der Waals surface area contributed by atoms with Crippen LogP contribution in [0.15, 0.2) is 70.0 Å². The highest BCUT2D eigenvalue weighted by Crippen LogP contribution is 2.42. The molecular weight excluding hydrogens is 482 g/mol. The number of carbonyl (C=O) groups is 1. The van der Waals surface area contributed by atoms with E-state index >= 15 is 0 Å². The quantitative estimate of drug-likeness (QED) is 0.280. The van der Waals surface area contributed by atoms with Gasteiger partial charge in [-0.15, -0.1) is 0 Å². The lowest BCUT2D eigenvalue weighted by Gasteiger charge is -2.41. The fourth-order valence-electron chi connectivity index (χ4n) is 5.51. The van der Waals surface area contributed by atoms with Crippen molar-refractivity contribution in [3.8, 4) is 11.5 Å². The van der Waals surface area contributed by atoms with Gasteiger partial charge in [-0.3, -0.25) is 14.5 Å². The highest BCUT2D eigenvalue weighted by atomic mass is 16.4. The summed E-state index contributed by atoms with van der Waals surface area (Å²) in [5.41, 5.74) is 1.88. The van der Waals surface area contributed by atoms with E-state index in [-0.39, 0.29) is 23.8 Å². The lowest BCUT2D eigenvalue weighted by atomic mass is 9.72. The Hall–Kier alpha value is -4.04. The van der Waals surface area contributed by atoms with Crippen molar-refractivity contribution in [2.45, 2.75) is 44.6 Å². The Bertz CT molecular complexity index is 1480. The molecule has 0 saturated carbocycles. The SMILES string of the molecule is Cc1cc(=O)c(O)c(C2(CC(=O)NCCc3c[nH]c4ccc(O)cc34)CCN(Cc3ccccc3)CC2)o1. The Morgan fingerprint density at radius 2 is 1.87 bits per heavy atom. The molecule has 8 nitrogen and oxygen atoms in total. The number of aromatic nitrogens is 1. The first-order valence-corrected chi connectivity index (χ1v) is 13.0. The van der Waals surface area contributed by atoms with Gasteiger partial charge in [-0.05, 0) is 68.6 Å². The molecule has 2 aromatic carbocycles. The zero-order valence-corrected chi connectivity index (χ0v) is 21.5. The number of amides is 1. The number of fused-ring (bicyclic) bond motifs is 1. The van der Waals surface area contributed by atoms with Crippen molar-refractivity contribution in [2.75, 3.05) is 19.6 Å². The molecular formula is C30H33N3O5. The molecule has 2 aromatic heterocycles. The molecule has 0 spiro atoms. The minimum absolute atomic E-state index is 0.112. The fraction of sp³-hybridized carbons (Fsp3) is 0.333. The van der Waals surface area contributed by atoms with Crippen LogP contribution in [0.2, 0.25) is 0 Å². The molecule has 8 heteroatoms. The number of piperidine rings is 1. The normalized spacial score (nSPS) is 15.5. The number of H-pyrrole nitrogens is 1. The molecule has 1 aliphatic heterocycles. The third-order valence-corrected chi connectivity index (χ3v) is 7.56. The molecule has 0 atom stereocenters. The molecule has 4 aromatic rings. The van der Waals surface area contributed by atoms with Gasteiger partial charge < -0.3 is 24.9 Å². The van der Waals surface area contributed by atoms with E-state index < -0.39 is 16.6 Å². The number of hydrogen-bond donors (Lipinski definition) is 4. The Labute approximate surface area is 220 Å². The number of likely N-dealkylation sites (tertiary alicyclic amines) is 1. The lowest BCUT2D eigenvalue weighted by molar-refractivity contribution is -0.123. The molecule has 4 N–H and O–H groups in total. The van der Waals surface area contributed by atoms with Crippen molar-refractivity contribution in [1.82, 2.24) is 15.2 Å². The second-order valence-corrected chi connectivity index (χ2v) is 10.3. The van der Waals surface area contributed by atoms with Gasteiger partial charge in [0, 0.05) is 48.1 Å². The van der Waals surface area contributed by atoms with E-state index in [0.29, 0.717) is 44.7 Å². The maximum atomic E-state index is 13.2. The number of hydrogen-bond acceptors (Lipinski definition) is 6. The van der Waals surface area contributed by atoms with Crippen LogP contribution < -0.4 is 10.7 Å². The summed E-state index contributed by atoms with van der Waals surface area (Å²) in [6, 6.07) is 16.7. The van der Waals surface area contributed by atoms with E-state index in [0.717, 1.165) is 23.0 Å². The Morgan fingerprint density at radius 3 is 2.63 bits per heavy atom. The minimum Gasteiger partial charge on any atom is -0.508 e. The average Bonchev–Trinajstić information content (AvgIpc) is 3.30. The van der Waals surface area contributed by atoms with Crippen molar-refractivity contribution < 1.29 is 19.4 Å². The number of carbonyl (C=O) groups excluding carboxylic acids is 1. The number of nitrogens with one attached hydrogen (secondary N) is 2.